The first-order valence-electron chi connectivity index (χ1n) is 5.76. The molecule has 106 valence electrons. The molecule has 1 rings (SSSR count). The van der Waals surface area contributed by atoms with E-state index in [0.29, 0.717) is 24.8 Å². The fourth-order valence-electron chi connectivity index (χ4n) is 1.46. The van der Waals surface area contributed by atoms with Crippen LogP contribution in [0.2, 0.25) is 0 Å². The van der Waals surface area contributed by atoms with E-state index in [1.165, 1.54) is 0 Å². The highest BCUT2D eigenvalue weighted by Gasteiger charge is 2.21. The van der Waals surface area contributed by atoms with Crippen molar-refractivity contribution in [1.82, 2.24) is 9.97 Å². The summed E-state index contributed by atoms with van der Waals surface area (Å²) in [5.74, 6) is 0.890. The van der Waals surface area contributed by atoms with Crippen molar-refractivity contribution in [3.8, 4) is 0 Å². The molecule has 19 heavy (non-hydrogen) atoms. The van der Waals surface area contributed by atoms with Crippen molar-refractivity contribution in [2.75, 3.05) is 35.7 Å². The van der Waals surface area contributed by atoms with Gasteiger partial charge in [0.05, 0.1) is 4.92 Å². The average Bonchev–Trinajstić information content (AvgIpc) is 2.27. The van der Waals surface area contributed by atoms with Gasteiger partial charge in [-0.05, 0) is 13.8 Å². The minimum atomic E-state index is -0.962. The minimum absolute atomic E-state index is 0.150. The predicted octanol–water partition coefficient (Wildman–Crippen LogP) is 0.915. The minimum Gasteiger partial charge on any atom is -0.363 e. The number of nitrogens with one attached hydrogen (secondary N) is 2. The SMILES string of the molecule is CCNc1nc(C)c([N+](=O)[O-])c(NCCS(C)=O)n1. The van der Waals surface area contributed by atoms with Gasteiger partial charge in [0.15, 0.2) is 0 Å². The van der Waals surface area contributed by atoms with Crippen molar-refractivity contribution in [2.24, 2.45) is 0 Å². The molecular weight excluding hydrogens is 270 g/mol. The third kappa shape index (κ3) is 4.43. The fourth-order valence-corrected chi connectivity index (χ4v) is 1.85. The maximum absolute atomic E-state index is 11.0. The van der Waals surface area contributed by atoms with Crippen LogP contribution in [-0.4, -0.2) is 44.2 Å². The van der Waals surface area contributed by atoms with E-state index in [4.69, 9.17) is 0 Å². The maximum Gasteiger partial charge on any atom is 0.332 e. The summed E-state index contributed by atoms with van der Waals surface area (Å²) in [4.78, 5) is 18.6. The monoisotopic (exact) mass is 287 g/mol. The van der Waals surface area contributed by atoms with Crippen molar-refractivity contribution < 1.29 is 9.13 Å². The molecule has 0 aromatic carbocycles. The zero-order valence-electron chi connectivity index (χ0n) is 11.1. The van der Waals surface area contributed by atoms with Crippen molar-refractivity contribution in [2.45, 2.75) is 13.8 Å². The van der Waals surface area contributed by atoms with Gasteiger partial charge in [0, 0.05) is 35.9 Å². The molecule has 1 atom stereocenters. The van der Waals surface area contributed by atoms with Crippen molar-refractivity contribution >= 4 is 28.3 Å². The fraction of sp³-hybridized carbons (Fsp3) is 0.600. The molecule has 1 aromatic rings. The molecule has 1 aromatic heterocycles. The lowest BCUT2D eigenvalue weighted by molar-refractivity contribution is -0.385. The first-order valence-corrected chi connectivity index (χ1v) is 7.49. The Hall–Kier alpha value is -1.77. The molecule has 1 heterocycles. The van der Waals surface area contributed by atoms with Gasteiger partial charge in [-0.15, -0.1) is 0 Å². The smallest absolute Gasteiger partial charge is 0.332 e. The number of anilines is 2. The quantitative estimate of drug-likeness (QED) is 0.566. The van der Waals surface area contributed by atoms with Crippen LogP contribution in [0.3, 0.4) is 0 Å². The molecule has 0 aliphatic rings. The molecule has 0 radical (unpaired) electrons. The highest BCUT2D eigenvalue weighted by molar-refractivity contribution is 7.84. The Labute approximate surface area is 113 Å². The molecule has 8 nitrogen and oxygen atoms in total. The molecule has 2 N–H and O–H groups in total. The molecule has 0 aliphatic heterocycles. The van der Waals surface area contributed by atoms with Gasteiger partial charge in [-0.3, -0.25) is 14.3 Å². The average molecular weight is 287 g/mol. The van der Waals surface area contributed by atoms with Crippen LogP contribution in [0.15, 0.2) is 0 Å². The molecule has 0 bridgehead atoms. The lowest BCUT2D eigenvalue weighted by Gasteiger charge is -2.09. The summed E-state index contributed by atoms with van der Waals surface area (Å²) in [6.45, 7) is 4.42. The van der Waals surface area contributed by atoms with E-state index >= 15 is 0 Å². The Kier molecular flexibility index (Phi) is 5.61. The van der Waals surface area contributed by atoms with Crippen LogP contribution in [-0.2, 0) is 10.8 Å². The van der Waals surface area contributed by atoms with Crippen LogP contribution in [0.5, 0.6) is 0 Å². The maximum atomic E-state index is 11.0. The van der Waals surface area contributed by atoms with Gasteiger partial charge in [0.1, 0.15) is 5.69 Å². The summed E-state index contributed by atoms with van der Waals surface area (Å²) in [5, 5.41) is 16.8. The van der Waals surface area contributed by atoms with Crippen LogP contribution >= 0.6 is 0 Å². The molecule has 0 saturated heterocycles. The van der Waals surface area contributed by atoms with Gasteiger partial charge >= 0.3 is 5.69 Å². The van der Waals surface area contributed by atoms with Crippen LogP contribution in [0.25, 0.3) is 0 Å². The van der Waals surface area contributed by atoms with Gasteiger partial charge in [0.25, 0.3) is 0 Å². The Bertz CT molecular complexity index is 494. The van der Waals surface area contributed by atoms with Crippen molar-refractivity contribution in [3.63, 3.8) is 0 Å². The molecule has 0 aliphatic carbocycles. The number of rotatable bonds is 7. The molecule has 0 fully saturated rings. The Balaban J connectivity index is 3.02. The molecular formula is C10H17N5O3S. The third-order valence-corrected chi connectivity index (χ3v) is 3.04. The molecule has 9 heteroatoms. The number of hydrogen-bond donors (Lipinski definition) is 2. The second-order valence-electron chi connectivity index (χ2n) is 3.82. The number of aryl methyl sites for hydroxylation is 1. The Morgan fingerprint density at radius 1 is 1.37 bits per heavy atom. The van der Waals surface area contributed by atoms with Gasteiger partial charge in [-0.1, -0.05) is 0 Å². The van der Waals surface area contributed by atoms with E-state index in [-0.39, 0.29) is 17.2 Å². The van der Waals surface area contributed by atoms with Crippen molar-refractivity contribution in [1.29, 1.82) is 0 Å². The standard InChI is InChI=1S/C10H17N5O3S/c1-4-11-10-13-7(2)8(15(16)17)9(14-10)12-5-6-19(3)18/h4-6H2,1-3H3,(H2,11,12,13,14). The first-order chi connectivity index (χ1) is 8.95. The number of nitro groups is 1. The van der Waals surface area contributed by atoms with E-state index in [1.54, 1.807) is 13.2 Å². The molecule has 1 unspecified atom stereocenters. The predicted molar refractivity (Wildman–Crippen MR) is 75.0 cm³/mol. The molecule has 0 saturated carbocycles. The Morgan fingerprint density at radius 3 is 2.58 bits per heavy atom. The lowest BCUT2D eigenvalue weighted by Crippen LogP contribution is -2.15. The normalized spacial score (nSPS) is 11.9. The Morgan fingerprint density at radius 2 is 2.05 bits per heavy atom. The van der Waals surface area contributed by atoms with E-state index in [2.05, 4.69) is 20.6 Å². The number of aromatic nitrogens is 2. The zero-order valence-corrected chi connectivity index (χ0v) is 11.9. The second-order valence-corrected chi connectivity index (χ2v) is 5.38. The van der Waals surface area contributed by atoms with E-state index in [1.807, 2.05) is 6.92 Å². The summed E-state index contributed by atoms with van der Waals surface area (Å²) in [5.41, 5.74) is 0.139. The van der Waals surface area contributed by atoms with Crippen LogP contribution in [0, 0.1) is 17.0 Å². The highest BCUT2D eigenvalue weighted by atomic mass is 32.2. The summed E-state index contributed by atoms with van der Waals surface area (Å²) < 4.78 is 11.0. The largest absolute Gasteiger partial charge is 0.363 e. The third-order valence-electron chi connectivity index (χ3n) is 2.26. The topological polar surface area (TPSA) is 110 Å². The molecule has 0 spiro atoms. The van der Waals surface area contributed by atoms with Crippen LogP contribution < -0.4 is 10.6 Å². The van der Waals surface area contributed by atoms with Crippen LogP contribution in [0.4, 0.5) is 17.5 Å². The summed E-state index contributed by atoms with van der Waals surface area (Å²) in [6, 6.07) is 0. The summed E-state index contributed by atoms with van der Waals surface area (Å²) >= 11 is 0. The first kappa shape index (κ1) is 15.3. The van der Waals surface area contributed by atoms with Gasteiger partial charge in [-0.25, -0.2) is 4.98 Å². The lowest BCUT2D eigenvalue weighted by atomic mass is 10.3. The second kappa shape index (κ2) is 6.98. The van der Waals surface area contributed by atoms with Gasteiger partial charge in [-0.2, -0.15) is 4.98 Å². The van der Waals surface area contributed by atoms with Gasteiger partial charge < -0.3 is 10.6 Å². The van der Waals surface area contributed by atoms with E-state index in [0.717, 1.165) is 0 Å². The van der Waals surface area contributed by atoms with E-state index < -0.39 is 15.7 Å². The molecule has 0 amide bonds. The van der Waals surface area contributed by atoms with E-state index in [9.17, 15) is 14.3 Å². The van der Waals surface area contributed by atoms with Crippen molar-refractivity contribution in [3.05, 3.63) is 15.8 Å². The summed E-state index contributed by atoms with van der Waals surface area (Å²) in [6.07, 6.45) is 1.57. The number of hydrogen-bond acceptors (Lipinski definition) is 7. The van der Waals surface area contributed by atoms with Crippen LogP contribution in [0.1, 0.15) is 12.6 Å². The van der Waals surface area contributed by atoms with Gasteiger partial charge in [0.2, 0.25) is 11.8 Å². The zero-order chi connectivity index (χ0) is 14.4. The highest BCUT2D eigenvalue weighted by Crippen LogP contribution is 2.26. The number of nitrogens with zero attached hydrogens (tertiary/aromatic N) is 3. The summed E-state index contributed by atoms with van der Waals surface area (Å²) in [7, 11) is -0.962.